The lowest BCUT2D eigenvalue weighted by molar-refractivity contribution is -0.124. The molecule has 2 nitrogen and oxygen atoms in total. The minimum Gasteiger partial charge on any atom is -0.315 e. The fourth-order valence-corrected chi connectivity index (χ4v) is 1.29. The zero-order valence-corrected chi connectivity index (χ0v) is 9.45. The lowest BCUT2D eigenvalue weighted by Crippen LogP contribution is -2.35. The van der Waals surface area contributed by atoms with E-state index in [9.17, 15) is 13.2 Å². The van der Waals surface area contributed by atoms with Crippen molar-refractivity contribution in [3.05, 3.63) is 0 Å². The van der Waals surface area contributed by atoms with Crippen molar-refractivity contribution in [2.45, 2.75) is 32.9 Å². The minimum absolute atomic E-state index is 0.361. The van der Waals surface area contributed by atoms with Crippen LogP contribution in [0.2, 0.25) is 0 Å². The van der Waals surface area contributed by atoms with Gasteiger partial charge in [-0.05, 0) is 12.5 Å². The Bertz CT molecular complexity index is 144. The molecule has 0 aromatic rings. The normalized spacial score (nSPS) is 12.4. The number of hydrogen-bond acceptors (Lipinski definition) is 2. The van der Waals surface area contributed by atoms with Crippen LogP contribution in [0.4, 0.5) is 13.2 Å². The lowest BCUT2D eigenvalue weighted by Gasteiger charge is -2.13. The van der Waals surface area contributed by atoms with Gasteiger partial charge in [0.1, 0.15) is 0 Å². The van der Waals surface area contributed by atoms with Crippen LogP contribution < -0.4 is 10.6 Å². The van der Waals surface area contributed by atoms with Gasteiger partial charge < -0.3 is 10.6 Å². The molecule has 0 aliphatic heterocycles. The van der Waals surface area contributed by atoms with Gasteiger partial charge in [-0.3, -0.25) is 0 Å². The van der Waals surface area contributed by atoms with Gasteiger partial charge in [0.2, 0.25) is 0 Å². The first-order chi connectivity index (χ1) is 6.99. The Morgan fingerprint density at radius 3 is 2.00 bits per heavy atom. The highest BCUT2D eigenvalue weighted by Crippen LogP contribution is 2.11. The molecule has 5 heteroatoms. The van der Waals surface area contributed by atoms with Gasteiger partial charge in [0.05, 0.1) is 6.54 Å². The van der Waals surface area contributed by atoms with E-state index in [1.807, 2.05) is 0 Å². The molecule has 15 heavy (non-hydrogen) atoms. The van der Waals surface area contributed by atoms with Gasteiger partial charge in [0.15, 0.2) is 0 Å². The maximum Gasteiger partial charge on any atom is 0.401 e. The van der Waals surface area contributed by atoms with Crippen LogP contribution in [0.15, 0.2) is 0 Å². The highest BCUT2D eigenvalue weighted by molar-refractivity contribution is 4.61. The first kappa shape index (κ1) is 14.7. The van der Waals surface area contributed by atoms with E-state index < -0.39 is 12.7 Å². The van der Waals surface area contributed by atoms with E-state index in [0.717, 1.165) is 19.4 Å². The van der Waals surface area contributed by atoms with E-state index >= 15 is 0 Å². The van der Waals surface area contributed by atoms with Crippen LogP contribution in [0, 0.1) is 5.92 Å². The first-order valence-corrected chi connectivity index (χ1v) is 5.47. The second-order valence-electron chi connectivity index (χ2n) is 3.68. The fourth-order valence-electron chi connectivity index (χ4n) is 1.29. The zero-order valence-electron chi connectivity index (χ0n) is 9.45. The predicted molar refractivity (Wildman–Crippen MR) is 55.9 cm³/mol. The molecule has 0 unspecified atom stereocenters. The molecule has 92 valence electrons. The molecule has 0 saturated carbocycles. The standard InChI is InChI=1S/C10H21F3N2/c1-3-9(4-2)7-14-5-6-15-8-10(11,12)13/h9,14-15H,3-8H2,1-2H3. The molecule has 0 aromatic heterocycles. The van der Waals surface area contributed by atoms with Crippen LogP contribution in [-0.4, -0.2) is 32.4 Å². The maximum absolute atomic E-state index is 11.7. The Kier molecular flexibility index (Phi) is 7.78. The van der Waals surface area contributed by atoms with Gasteiger partial charge in [-0.1, -0.05) is 26.7 Å². The lowest BCUT2D eigenvalue weighted by atomic mass is 10.0. The summed E-state index contributed by atoms with van der Waals surface area (Å²) in [6.07, 6.45) is -1.88. The van der Waals surface area contributed by atoms with Crippen molar-refractivity contribution >= 4 is 0 Å². The summed E-state index contributed by atoms with van der Waals surface area (Å²) in [6.45, 7) is 5.18. The summed E-state index contributed by atoms with van der Waals surface area (Å²) in [5.74, 6) is 0.632. The third-order valence-corrected chi connectivity index (χ3v) is 2.39. The Labute approximate surface area is 89.6 Å². The van der Waals surface area contributed by atoms with Crippen LogP contribution in [0.3, 0.4) is 0 Å². The molecule has 0 fully saturated rings. The van der Waals surface area contributed by atoms with Gasteiger partial charge >= 0.3 is 6.18 Å². The van der Waals surface area contributed by atoms with Crippen LogP contribution >= 0.6 is 0 Å². The van der Waals surface area contributed by atoms with Crippen LogP contribution in [0.5, 0.6) is 0 Å². The molecular weight excluding hydrogens is 205 g/mol. The smallest absolute Gasteiger partial charge is 0.315 e. The van der Waals surface area contributed by atoms with Gasteiger partial charge in [0, 0.05) is 13.1 Å². The molecule has 0 saturated heterocycles. The quantitative estimate of drug-likeness (QED) is 0.620. The Hall–Kier alpha value is -0.290. The second kappa shape index (κ2) is 7.93. The fraction of sp³-hybridized carbons (Fsp3) is 1.00. The molecule has 0 bridgehead atoms. The summed E-state index contributed by atoms with van der Waals surface area (Å²) < 4.78 is 35.2. The average Bonchev–Trinajstić information content (AvgIpc) is 2.15. The summed E-state index contributed by atoms with van der Waals surface area (Å²) in [5.41, 5.74) is 0. The number of rotatable bonds is 8. The van der Waals surface area contributed by atoms with Gasteiger partial charge in [-0.2, -0.15) is 13.2 Å². The number of alkyl halides is 3. The van der Waals surface area contributed by atoms with Crippen molar-refractivity contribution in [3.8, 4) is 0 Å². The molecule has 2 N–H and O–H groups in total. The molecule has 0 rings (SSSR count). The number of halogens is 3. The summed E-state index contributed by atoms with van der Waals surface area (Å²) in [4.78, 5) is 0. The van der Waals surface area contributed by atoms with Crippen molar-refractivity contribution in [2.24, 2.45) is 5.92 Å². The zero-order chi connectivity index (χ0) is 11.7. The summed E-state index contributed by atoms with van der Waals surface area (Å²) in [6, 6.07) is 0. The maximum atomic E-state index is 11.7. The van der Waals surface area contributed by atoms with Crippen LogP contribution in [-0.2, 0) is 0 Å². The van der Waals surface area contributed by atoms with Gasteiger partial charge in [0.25, 0.3) is 0 Å². The van der Waals surface area contributed by atoms with Crippen LogP contribution in [0.1, 0.15) is 26.7 Å². The SMILES string of the molecule is CCC(CC)CNCCNCC(F)(F)F. The molecule has 0 aliphatic carbocycles. The predicted octanol–water partition coefficient (Wildman–Crippen LogP) is 2.16. The van der Waals surface area contributed by atoms with Gasteiger partial charge in [-0.25, -0.2) is 0 Å². The van der Waals surface area contributed by atoms with Crippen molar-refractivity contribution in [1.29, 1.82) is 0 Å². The van der Waals surface area contributed by atoms with Crippen molar-refractivity contribution in [2.75, 3.05) is 26.2 Å². The molecule has 0 radical (unpaired) electrons. The van der Waals surface area contributed by atoms with E-state index in [4.69, 9.17) is 0 Å². The highest BCUT2D eigenvalue weighted by atomic mass is 19.4. The van der Waals surface area contributed by atoms with Gasteiger partial charge in [-0.15, -0.1) is 0 Å². The Morgan fingerprint density at radius 2 is 1.53 bits per heavy atom. The Balaban J connectivity index is 3.25. The monoisotopic (exact) mass is 226 g/mol. The topological polar surface area (TPSA) is 24.1 Å². The number of hydrogen-bond donors (Lipinski definition) is 2. The molecule has 0 atom stereocenters. The third kappa shape index (κ3) is 10.0. The number of nitrogens with one attached hydrogen (secondary N) is 2. The average molecular weight is 226 g/mol. The van der Waals surface area contributed by atoms with E-state index in [0.29, 0.717) is 19.0 Å². The summed E-state index contributed by atoms with van der Waals surface area (Å²) in [5, 5.41) is 5.49. The largest absolute Gasteiger partial charge is 0.401 e. The van der Waals surface area contributed by atoms with Crippen molar-refractivity contribution in [1.82, 2.24) is 10.6 Å². The van der Waals surface area contributed by atoms with E-state index in [1.54, 1.807) is 0 Å². The van der Waals surface area contributed by atoms with E-state index in [1.165, 1.54) is 0 Å². The molecule has 0 spiro atoms. The first-order valence-electron chi connectivity index (χ1n) is 5.47. The summed E-state index contributed by atoms with van der Waals surface area (Å²) in [7, 11) is 0. The highest BCUT2D eigenvalue weighted by Gasteiger charge is 2.25. The van der Waals surface area contributed by atoms with Crippen molar-refractivity contribution < 1.29 is 13.2 Å². The minimum atomic E-state index is -4.10. The van der Waals surface area contributed by atoms with Crippen molar-refractivity contribution in [3.63, 3.8) is 0 Å². The van der Waals surface area contributed by atoms with Crippen LogP contribution in [0.25, 0.3) is 0 Å². The molecular formula is C10H21F3N2. The molecule has 0 heterocycles. The molecule has 0 aromatic carbocycles. The van der Waals surface area contributed by atoms with E-state index in [-0.39, 0.29) is 0 Å². The molecule has 0 amide bonds. The summed E-state index contributed by atoms with van der Waals surface area (Å²) >= 11 is 0. The third-order valence-electron chi connectivity index (χ3n) is 2.39. The Morgan fingerprint density at radius 1 is 1.00 bits per heavy atom. The van der Waals surface area contributed by atoms with E-state index in [2.05, 4.69) is 24.5 Å². The molecule has 0 aliphatic rings. The second-order valence-corrected chi connectivity index (χ2v) is 3.68.